The number of hydrogen-bond acceptors (Lipinski definition) is 5. The Balaban J connectivity index is 0. The normalized spacial score (nSPS) is 15.4. The molecule has 0 aromatic rings. The smallest absolute Gasteiger partial charge is 0.396 e. The van der Waals surface area contributed by atoms with E-state index in [2.05, 4.69) is 0 Å². The first-order valence-corrected chi connectivity index (χ1v) is 5.15. The molecule has 0 fully saturated rings. The number of hydrogen-bond donors (Lipinski definition) is 7. The Morgan fingerprint density at radius 1 is 1.00 bits per heavy atom. The molecule has 8 nitrogen and oxygen atoms in total. The molecule has 2 unspecified atom stereocenters. The lowest BCUT2D eigenvalue weighted by Crippen LogP contribution is -2.29. The first-order chi connectivity index (χ1) is 6.22. The number of phosphoric acid groups is 1. The quantitative estimate of drug-likeness (QED) is 0.256. The average molecular weight is 234 g/mol. The van der Waals surface area contributed by atoms with Gasteiger partial charge in [-0.2, -0.15) is 0 Å². The number of rotatable bonds is 4. The van der Waals surface area contributed by atoms with Crippen LogP contribution in [0.25, 0.3) is 0 Å². The molecule has 88 valence electrons. The van der Waals surface area contributed by atoms with Crippen LogP contribution in [-0.2, 0) is 4.57 Å². The molecule has 0 saturated heterocycles. The van der Waals surface area contributed by atoms with Gasteiger partial charge in [0, 0.05) is 6.61 Å². The highest BCUT2D eigenvalue weighted by Crippen LogP contribution is 2.25. The second kappa shape index (κ2) is 8.27. The van der Waals surface area contributed by atoms with Crippen LogP contribution in [0.4, 0.5) is 0 Å². The second-order valence-corrected chi connectivity index (χ2v) is 3.37. The van der Waals surface area contributed by atoms with Gasteiger partial charge in [-0.1, -0.05) is 0 Å². The van der Waals surface area contributed by atoms with Crippen molar-refractivity contribution in [2.24, 2.45) is 0 Å². The summed E-state index contributed by atoms with van der Waals surface area (Å²) in [5.74, 6) is 0. The van der Waals surface area contributed by atoms with E-state index in [1.54, 1.807) is 0 Å². The van der Waals surface area contributed by atoms with Gasteiger partial charge in [-0.05, 0) is 6.42 Å². The van der Waals surface area contributed by atoms with Crippen molar-refractivity contribution in [2.75, 3.05) is 13.2 Å². The molecule has 0 saturated carbocycles. The second-order valence-electron chi connectivity index (χ2n) is 2.34. The van der Waals surface area contributed by atoms with Crippen molar-refractivity contribution in [3.8, 4) is 0 Å². The Bertz CT molecular complexity index is 159. The molecule has 0 aromatic carbocycles. The van der Waals surface area contributed by atoms with Gasteiger partial charge in [0.1, 0.15) is 6.10 Å². The van der Waals surface area contributed by atoms with Gasteiger partial charge in [-0.15, -0.1) is 0 Å². The van der Waals surface area contributed by atoms with Crippen LogP contribution in [-0.4, -0.2) is 60.5 Å². The Hall–Kier alpha value is -0.0500. The molecule has 0 aliphatic carbocycles. The van der Waals surface area contributed by atoms with Crippen LogP contribution in [0.15, 0.2) is 0 Å². The van der Waals surface area contributed by atoms with Crippen molar-refractivity contribution >= 4 is 7.82 Å². The Morgan fingerprint density at radius 2 is 1.36 bits per heavy atom. The molecule has 0 rings (SSSR count). The van der Waals surface area contributed by atoms with Crippen LogP contribution >= 0.6 is 7.82 Å². The molecule has 0 aliphatic rings. The first-order valence-electron chi connectivity index (χ1n) is 3.58. The first kappa shape index (κ1) is 16.4. The van der Waals surface area contributed by atoms with Crippen molar-refractivity contribution in [3.63, 3.8) is 0 Å². The number of aliphatic hydroxyl groups excluding tert-OH is 4. The van der Waals surface area contributed by atoms with Gasteiger partial charge in [-0.25, -0.2) is 4.57 Å². The van der Waals surface area contributed by atoms with Crippen molar-refractivity contribution in [2.45, 2.75) is 18.6 Å². The van der Waals surface area contributed by atoms with E-state index in [-0.39, 0.29) is 13.0 Å². The summed E-state index contributed by atoms with van der Waals surface area (Å²) in [6, 6.07) is 0. The SMILES string of the molecule is O=P(O)(O)O.OCCC(O)C(O)CO. The summed E-state index contributed by atoms with van der Waals surface area (Å²) in [4.78, 5) is 21.6. The van der Waals surface area contributed by atoms with Crippen LogP contribution in [0.3, 0.4) is 0 Å². The molecule has 0 bridgehead atoms. The zero-order chi connectivity index (χ0) is 11.8. The van der Waals surface area contributed by atoms with Crippen molar-refractivity contribution < 1.29 is 39.7 Å². The van der Waals surface area contributed by atoms with Crippen LogP contribution in [0, 0.1) is 0 Å². The lowest BCUT2D eigenvalue weighted by atomic mass is 10.1. The van der Waals surface area contributed by atoms with Gasteiger partial charge in [0.2, 0.25) is 0 Å². The van der Waals surface area contributed by atoms with E-state index in [1.165, 1.54) is 0 Å². The minimum absolute atomic E-state index is 0.0989. The Labute approximate surface area is 80.3 Å². The number of aliphatic hydroxyl groups is 4. The third kappa shape index (κ3) is 17.9. The predicted molar refractivity (Wildman–Crippen MR) is 45.1 cm³/mol. The van der Waals surface area contributed by atoms with Gasteiger partial charge < -0.3 is 35.1 Å². The summed E-state index contributed by atoms with van der Waals surface area (Å²) in [6.45, 7) is -0.653. The molecule has 2 atom stereocenters. The average Bonchev–Trinajstić information content (AvgIpc) is 2.00. The lowest BCUT2D eigenvalue weighted by Gasteiger charge is -2.12. The van der Waals surface area contributed by atoms with Crippen LogP contribution in [0.2, 0.25) is 0 Å². The summed E-state index contributed by atoms with van der Waals surface area (Å²) in [7, 11) is -4.64. The fourth-order valence-corrected chi connectivity index (χ4v) is 0.446. The van der Waals surface area contributed by atoms with E-state index >= 15 is 0 Å². The van der Waals surface area contributed by atoms with E-state index in [1.807, 2.05) is 0 Å². The maximum absolute atomic E-state index is 8.88. The van der Waals surface area contributed by atoms with E-state index in [4.69, 9.17) is 39.7 Å². The monoisotopic (exact) mass is 234 g/mol. The van der Waals surface area contributed by atoms with Crippen LogP contribution in [0.1, 0.15) is 6.42 Å². The van der Waals surface area contributed by atoms with Crippen molar-refractivity contribution in [1.29, 1.82) is 0 Å². The summed E-state index contributed by atoms with van der Waals surface area (Å²) in [6.07, 6.45) is -2.04. The van der Waals surface area contributed by atoms with E-state index in [0.717, 1.165) is 0 Å². The van der Waals surface area contributed by atoms with Gasteiger partial charge in [0.25, 0.3) is 0 Å². The fraction of sp³-hybridized carbons (Fsp3) is 1.00. The minimum Gasteiger partial charge on any atom is -0.396 e. The molecule has 14 heavy (non-hydrogen) atoms. The molecular weight excluding hydrogens is 219 g/mol. The maximum atomic E-state index is 8.88. The summed E-state index contributed by atoms with van der Waals surface area (Å²) in [5, 5.41) is 33.9. The minimum atomic E-state index is -4.64. The van der Waals surface area contributed by atoms with E-state index < -0.39 is 26.6 Å². The van der Waals surface area contributed by atoms with Crippen LogP contribution < -0.4 is 0 Å². The highest BCUT2D eigenvalue weighted by Gasteiger charge is 2.13. The predicted octanol–water partition coefficient (Wildman–Crippen LogP) is -2.85. The maximum Gasteiger partial charge on any atom is 0.466 e. The molecule has 7 N–H and O–H groups in total. The molecule has 9 heteroatoms. The lowest BCUT2D eigenvalue weighted by molar-refractivity contribution is -0.0238. The fourth-order valence-electron chi connectivity index (χ4n) is 0.446. The highest BCUT2D eigenvalue weighted by atomic mass is 31.2. The molecule has 0 radical (unpaired) electrons. The summed E-state index contributed by atoms with van der Waals surface area (Å²) < 4.78 is 8.88. The van der Waals surface area contributed by atoms with Gasteiger partial charge in [0.05, 0.1) is 12.7 Å². The van der Waals surface area contributed by atoms with Crippen LogP contribution in [0.5, 0.6) is 0 Å². The van der Waals surface area contributed by atoms with Crippen molar-refractivity contribution in [3.05, 3.63) is 0 Å². The van der Waals surface area contributed by atoms with Crippen molar-refractivity contribution in [1.82, 2.24) is 0 Å². The third-order valence-corrected chi connectivity index (χ3v) is 1.06. The third-order valence-electron chi connectivity index (χ3n) is 1.06. The largest absolute Gasteiger partial charge is 0.466 e. The zero-order valence-corrected chi connectivity index (χ0v) is 8.16. The van der Waals surface area contributed by atoms with Gasteiger partial charge >= 0.3 is 7.82 Å². The summed E-state index contributed by atoms with van der Waals surface area (Å²) >= 11 is 0. The molecule has 0 aliphatic heterocycles. The molecule has 0 spiro atoms. The standard InChI is InChI=1S/C5H12O4.H3O4P/c6-2-1-4(8)5(9)3-7;1-5(2,3)4/h4-9H,1-3H2;(H3,1,2,3,4). The van der Waals surface area contributed by atoms with Gasteiger partial charge in [0.15, 0.2) is 0 Å². The van der Waals surface area contributed by atoms with E-state index in [9.17, 15) is 0 Å². The topological polar surface area (TPSA) is 159 Å². The molecular formula is C5H15O8P. The molecule has 0 heterocycles. The Kier molecular flexibility index (Phi) is 9.68. The van der Waals surface area contributed by atoms with Gasteiger partial charge in [-0.3, -0.25) is 0 Å². The molecule has 0 aromatic heterocycles. The Morgan fingerprint density at radius 3 is 1.57 bits per heavy atom. The summed E-state index contributed by atoms with van der Waals surface area (Å²) in [5.41, 5.74) is 0. The van der Waals surface area contributed by atoms with E-state index in [0.29, 0.717) is 0 Å². The molecule has 0 amide bonds. The highest BCUT2D eigenvalue weighted by molar-refractivity contribution is 7.45. The zero-order valence-electron chi connectivity index (χ0n) is 7.26.